The van der Waals surface area contributed by atoms with E-state index in [9.17, 15) is 29.5 Å². The van der Waals surface area contributed by atoms with Crippen LogP contribution in [0.1, 0.15) is 86.0 Å². The molecular weight excluding hydrogens is 590 g/mol. The molecule has 2 saturated carbocycles. The van der Waals surface area contributed by atoms with Crippen LogP contribution in [0.3, 0.4) is 0 Å². The Balaban J connectivity index is 1.44. The highest BCUT2D eigenvalue weighted by Crippen LogP contribution is 2.43. The number of ether oxygens (including phenoxy) is 2. The molecule has 3 fully saturated rings. The highest BCUT2D eigenvalue weighted by atomic mass is 16.6. The summed E-state index contributed by atoms with van der Waals surface area (Å²) < 4.78 is 11.7. The van der Waals surface area contributed by atoms with Crippen LogP contribution in [0.5, 0.6) is 5.75 Å². The number of amides is 4. The zero-order valence-electron chi connectivity index (χ0n) is 27.6. The van der Waals surface area contributed by atoms with Crippen molar-refractivity contribution in [3.63, 3.8) is 0 Å². The minimum absolute atomic E-state index is 0.0578. The van der Waals surface area contributed by atoms with Crippen LogP contribution >= 0.6 is 0 Å². The highest BCUT2D eigenvalue weighted by Gasteiger charge is 2.46. The third kappa shape index (κ3) is 7.09. The normalized spacial score (nSPS) is 23.5. The van der Waals surface area contributed by atoms with Crippen molar-refractivity contribution < 1.29 is 33.8 Å². The monoisotopic (exact) mass is 637 g/mol. The molecule has 12 heteroatoms. The maximum Gasteiger partial charge on any atom is 0.410 e. The molecule has 4 aliphatic rings. The Labute approximate surface area is 271 Å². The molecule has 1 saturated heterocycles. The fraction of sp³-hybridized carbons (Fsp3) is 0.676. The van der Waals surface area contributed by atoms with Gasteiger partial charge in [-0.3, -0.25) is 14.4 Å². The first-order chi connectivity index (χ1) is 21.7. The summed E-state index contributed by atoms with van der Waals surface area (Å²) >= 11 is 0. The number of hydrogen-bond donors (Lipinski definition) is 2. The number of rotatable bonds is 8. The van der Waals surface area contributed by atoms with E-state index in [1.54, 1.807) is 62.6 Å². The third-order valence-corrected chi connectivity index (χ3v) is 9.18. The van der Waals surface area contributed by atoms with Gasteiger partial charge in [-0.2, -0.15) is 5.26 Å². The molecule has 12 nitrogen and oxygen atoms in total. The molecule has 0 spiro atoms. The standard InChI is InChI=1S/C34H47N5O7/c1-32(2,3)46-31(44)37-19-22(28(41)36-34(21-35)13-6-7-14-34)17-23(20-37)29(42)39(24-9-10-24)25-11-12-27-26(18-25)38(15-8-16-40)30(43)33(4,5)45-27/h11-12,18,22-24,40H,6-10,13-17,19-20H2,1-5H3,(H,36,41)/t22-,23+/m0/s1. The van der Waals surface area contributed by atoms with Gasteiger partial charge in [0.05, 0.1) is 23.6 Å². The molecule has 0 radical (unpaired) electrons. The van der Waals surface area contributed by atoms with Gasteiger partial charge in [-0.1, -0.05) is 0 Å². The van der Waals surface area contributed by atoms with Crippen molar-refractivity contribution in [2.45, 2.75) is 109 Å². The number of nitriles is 1. The van der Waals surface area contributed by atoms with Crippen LogP contribution in [0, 0.1) is 23.2 Å². The van der Waals surface area contributed by atoms with E-state index in [2.05, 4.69) is 11.4 Å². The van der Waals surface area contributed by atoms with Gasteiger partial charge in [0.15, 0.2) is 5.60 Å². The van der Waals surface area contributed by atoms with Gasteiger partial charge in [0.1, 0.15) is 16.9 Å². The smallest absolute Gasteiger partial charge is 0.410 e. The number of aliphatic hydroxyl groups excluding tert-OH is 1. The second-order valence-electron chi connectivity index (χ2n) is 14.6. The molecule has 0 bridgehead atoms. The Kier molecular flexibility index (Phi) is 9.28. The average molecular weight is 638 g/mol. The maximum absolute atomic E-state index is 14.5. The summed E-state index contributed by atoms with van der Waals surface area (Å²) in [5.41, 5.74) is -1.64. The summed E-state index contributed by atoms with van der Waals surface area (Å²) in [6.07, 6.45) is 4.47. The predicted molar refractivity (Wildman–Crippen MR) is 170 cm³/mol. The molecule has 2 aliphatic heterocycles. The summed E-state index contributed by atoms with van der Waals surface area (Å²) in [6.45, 7) is 9.10. The van der Waals surface area contributed by atoms with E-state index in [1.165, 1.54) is 4.90 Å². The lowest BCUT2D eigenvalue weighted by Crippen LogP contribution is -2.56. The summed E-state index contributed by atoms with van der Waals surface area (Å²) in [7, 11) is 0. The first-order valence-electron chi connectivity index (χ1n) is 16.5. The minimum Gasteiger partial charge on any atom is -0.476 e. The van der Waals surface area contributed by atoms with Crippen LogP contribution in [0.25, 0.3) is 0 Å². The molecular formula is C34H47N5O7. The Morgan fingerprint density at radius 2 is 1.83 bits per heavy atom. The Bertz CT molecular complexity index is 1400. The summed E-state index contributed by atoms with van der Waals surface area (Å²) in [6, 6.07) is 7.59. The van der Waals surface area contributed by atoms with Gasteiger partial charge >= 0.3 is 6.09 Å². The molecule has 250 valence electrons. The van der Waals surface area contributed by atoms with Crippen LogP contribution in [0.15, 0.2) is 18.2 Å². The van der Waals surface area contributed by atoms with Gasteiger partial charge < -0.3 is 34.6 Å². The SMILES string of the molecule is CC(C)(C)OC(=O)N1C[C@@H](C(=O)NC2(C#N)CCCC2)C[C@@H](C(=O)N(c2ccc3c(c2)N(CCCO)C(=O)C(C)(C)O3)C2CC2)C1. The summed E-state index contributed by atoms with van der Waals surface area (Å²) in [5.74, 6) is -1.67. The molecule has 1 aromatic rings. The van der Waals surface area contributed by atoms with Crippen molar-refractivity contribution in [2.24, 2.45) is 11.8 Å². The van der Waals surface area contributed by atoms with E-state index < -0.39 is 34.7 Å². The quantitative estimate of drug-likeness (QED) is 0.436. The van der Waals surface area contributed by atoms with Gasteiger partial charge in [-0.15, -0.1) is 0 Å². The molecule has 1 aromatic carbocycles. The van der Waals surface area contributed by atoms with Crippen molar-refractivity contribution in [2.75, 3.05) is 36.0 Å². The lowest BCUT2D eigenvalue weighted by molar-refractivity contribution is -0.133. The number of likely N-dealkylation sites (tertiary alicyclic amines) is 1. The molecule has 0 unspecified atom stereocenters. The number of aliphatic hydroxyl groups is 1. The first kappa shape index (κ1) is 33.5. The van der Waals surface area contributed by atoms with Crippen LogP contribution in [0.4, 0.5) is 16.2 Å². The first-order valence-corrected chi connectivity index (χ1v) is 16.5. The van der Waals surface area contributed by atoms with Gasteiger partial charge in [0.2, 0.25) is 11.8 Å². The maximum atomic E-state index is 14.5. The average Bonchev–Trinajstić information content (AvgIpc) is 3.72. The van der Waals surface area contributed by atoms with Crippen LogP contribution < -0.4 is 19.9 Å². The number of benzene rings is 1. The molecule has 2 aliphatic carbocycles. The minimum atomic E-state index is -1.08. The number of nitrogens with zero attached hydrogens (tertiary/aromatic N) is 4. The zero-order chi connectivity index (χ0) is 33.4. The largest absolute Gasteiger partial charge is 0.476 e. The lowest BCUT2D eigenvalue weighted by Gasteiger charge is -2.41. The van der Waals surface area contributed by atoms with Crippen LogP contribution in [0.2, 0.25) is 0 Å². The van der Waals surface area contributed by atoms with E-state index >= 15 is 0 Å². The van der Waals surface area contributed by atoms with Crippen LogP contribution in [-0.4, -0.2) is 82.8 Å². The molecule has 2 atom stereocenters. The van der Waals surface area contributed by atoms with E-state index in [0.29, 0.717) is 42.9 Å². The molecule has 0 aromatic heterocycles. The number of hydrogen-bond acceptors (Lipinski definition) is 8. The van der Waals surface area contributed by atoms with Crippen molar-refractivity contribution in [3.8, 4) is 11.8 Å². The third-order valence-electron chi connectivity index (χ3n) is 9.18. The second kappa shape index (κ2) is 12.7. The topological polar surface area (TPSA) is 153 Å². The fourth-order valence-corrected chi connectivity index (χ4v) is 6.73. The Morgan fingerprint density at radius 3 is 2.43 bits per heavy atom. The van der Waals surface area contributed by atoms with Gasteiger partial charge in [0, 0.05) is 38.0 Å². The second-order valence-corrected chi connectivity index (χ2v) is 14.6. The molecule has 2 heterocycles. The highest BCUT2D eigenvalue weighted by molar-refractivity contribution is 6.04. The van der Waals surface area contributed by atoms with Crippen molar-refractivity contribution >= 4 is 35.2 Å². The van der Waals surface area contributed by atoms with Crippen molar-refractivity contribution in [1.29, 1.82) is 5.26 Å². The van der Waals surface area contributed by atoms with E-state index in [4.69, 9.17) is 9.47 Å². The van der Waals surface area contributed by atoms with E-state index in [1.807, 2.05) is 0 Å². The summed E-state index contributed by atoms with van der Waals surface area (Å²) in [5, 5.41) is 22.3. The molecule has 5 rings (SSSR count). The molecule has 4 amide bonds. The van der Waals surface area contributed by atoms with Crippen molar-refractivity contribution in [1.82, 2.24) is 10.2 Å². The summed E-state index contributed by atoms with van der Waals surface area (Å²) in [4.78, 5) is 59.5. The van der Waals surface area contributed by atoms with Gasteiger partial charge in [-0.25, -0.2) is 4.79 Å². The Morgan fingerprint density at radius 1 is 1.15 bits per heavy atom. The Hall–Kier alpha value is -3.85. The number of carbonyl (C=O) groups is 4. The van der Waals surface area contributed by atoms with E-state index in [0.717, 1.165) is 25.7 Å². The number of fused-ring (bicyclic) bond motifs is 1. The van der Waals surface area contributed by atoms with Gasteiger partial charge in [0.25, 0.3) is 5.91 Å². The predicted octanol–water partition coefficient (Wildman–Crippen LogP) is 3.89. The number of anilines is 2. The van der Waals surface area contributed by atoms with Gasteiger partial charge in [-0.05, 0) is 104 Å². The molecule has 2 N–H and O–H groups in total. The van der Waals surface area contributed by atoms with Crippen molar-refractivity contribution in [3.05, 3.63) is 18.2 Å². The lowest BCUT2D eigenvalue weighted by atomic mass is 9.86. The zero-order valence-corrected chi connectivity index (χ0v) is 27.6. The number of piperidine rings is 1. The number of nitrogens with one attached hydrogen (secondary N) is 1. The van der Waals surface area contributed by atoms with E-state index in [-0.39, 0.29) is 49.9 Å². The number of carbonyl (C=O) groups excluding carboxylic acids is 4. The fourth-order valence-electron chi connectivity index (χ4n) is 6.73. The van der Waals surface area contributed by atoms with Crippen LogP contribution in [-0.2, 0) is 19.1 Å². The molecule has 46 heavy (non-hydrogen) atoms.